The molecule has 1 amide bonds. The molecule has 3 rings (SSSR count). The monoisotopic (exact) mass is 418 g/mol. The minimum absolute atomic E-state index is 0.0290. The number of carbonyl (C=O) groups is 2. The lowest BCUT2D eigenvalue weighted by atomic mass is 9.87. The molecular formula is C21H27ClN4O3. The Hall–Kier alpha value is -2.41. The number of hydrogen-bond acceptors (Lipinski definition) is 5. The first-order valence-corrected chi connectivity index (χ1v) is 10.3. The van der Waals surface area contributed by atoms with Gasteiger partial charge in [-0.2, -0.15) is 5.10 Å². The van der Waals surface area contributed by atoms with Crippen molar-refractivity contribution in [3.63, 3.8) is 0 Å². The number of carbonyl (C=O) groups excluding carboxylic acids is 2. The van der Waals surface area contributed by atoms with Crippen LogP contribution in [0.3, 0.4) is 0 Å². The molecule has 2 aromatic heterocycles. The Kier molecular flexibility index (Phi) is 6.57. The summed E-state index contributed by atoms with van der Waals surface area (Å²) in [6.07, 6.45) is 4.19. The molecule has 29 heavy (non-hydrogen) atoms. The second kappa shape index (κ2) is 8.95. The van der Waals surface area contributed by atoms with Crippen LogP contribution < -0.4 is 0 Å². The quantitative estimate of drug-likeness (QED) is 0.691. The van der Waals surface area contributed by atoms with Gasteiger partial charge in [0, 0.05) is 18.8 Å². The summed E-state index contributed by atoms with van der Waals surface area (Å²) < 4.78 is 6.85. The van der Waals surface area contributed by atoms with Crippen molar-refractivity contribution in [2.75, 3.05) is 13.7 Å². The summed E-state index contributed by atoms with van der Waals surface area (Å²) in [5, 5.41) is 4.53. The molecule has 1 saturated carbocycles. The molecule has 7 nitrogen and oxygen atoms in total. The molecule has 2 aromatic rings. The zero-order valence-corrected chi connectivity index (χ0v) is 18.1. The highest BCUT2D eigenvalue weighted by molar-refractivity contribution is 6.33. The first-order chi connectivity index (χ1) is 13.8. The number of aryl methyl sites for hydroxylation is 2. The summed E-state index contributed by atoms with van der Waals surface area (Å²) >= 11 is 6.15. The van der Waals surface area contributed by atoms with Crippen LogP contribution in [-0.4, -0.2) is 51.2 Å². The SMILES string of the molecule is Cc1cc(C)n(-c2ccc(Cl)c(C(=O)OCC(=O)N(C)C3CCC(C)CC3)n2)n1. The van der Waals surface area contributed by atoms with Gasteiger partial charge >= 0.3 is 5.97 Å². The third-order valence-electron chi connectivity index (χ3n) is 5.50. The van der Waals surface area contributed by atoms with Crippen LogP contribution in [-0.2, 0) is 9.53 Å². The number of nitrogens with zero attached hydrogens (tertiary/aromatic N) is 4. The van der Waals surface area contributed by atoms with Crippen LogP contribution in [0, 0.1) is 19.8 Å². The highest BCUT2D eigenvalue weighted by Crippen LogP contribution is 2.26. The fourth-order valence-corrected chi connectivity index (χ4v) is 3.87. The molecule has 156 valence electrons. The molecule has 0 atom stereocenters. The maximum absolute atomic E-state index is 12.5. The molecule has 0 N–H and O–H groups in total. The van der Waals surface area contributed by atoms with Crippen molar-refractivity contribution in [2.45, 2.75) is 52.5 Å². The van der Waals surface area contributed by atoms with Crippen LogP contribution in [0.25, 0.3) is 5.82 Å². The molecule has 0 radical (unpaired) electrons. The number of aromatic nitrogens is 3. The van der Waals surface area contributed by atoms with Crippen LogP contribution in [0.4, 0.5) is 0 Å². The largest absolute Gasteiger partial charge is 0.451 e. The molecule has 0 bridgehead atoms. The zero-order chi connectivity index (χ0) is 21.1. The first-order valence-electron chi connectivity index (χ1n) is 9.89. The second-order valence-corrected chi connectivity index (χ2v) is 8.24. The van der Waals surface area contributed by atoms with Crippen molar-refractivity contribution < 1.29 is 14.3 Å². The third-order valence-corrected chi connectivity index (χ3v) is 5.81. The van der Waals surface area contributed by atoms with Crippen LogP contribution in [0.1, 0.15) is 54.5 Å². The second-order valence-electron chi connectivity index (χ2n) is 7.83. The number of halogens is 1. The van der Waals surface area contributed by atoms with Gasteiger partial charge in [-0.3, -0.25) is 4.79 Å². The minimum Gasteiger partial charge on any atom is -0.451 e. The van der Waals surface area contributed by atoms with Gasteiger partial charge in [-0.1, -0.05) is 18.5 Å². The van der Waals surface area contributed by atoms with E-state index in [1.807, 2.05) is 19.9 Å². The first kappa shape index (κ1) is 21.3. The Balaban J connectivity index is 1.65. The van der Waals surface area contributed by atoms with Crippen molar-refractivity contribution in [3.8, 4) is 5.82 Å². The Labute approximate surface area is 176 Å². The molecule has 0 unspecified atom stereocenters. The van der Waals surface area contributed by atoms with Crippen LogP contribution in [0.15, 0.2) is 18.2 Å². The van der Waals surface area contributed by atoms with Gasteiger partial charge in [-0.15, -0.1) is 0 Å². The zero-order valence-electron chi connectivity index (χ0n) is 17.3. The number of ether oxygens (including phenoxy) is 1. The van der Waals surface area contributed by atoms with E-state index in [0.717, 1.165) is 37.1 Å². The van der Waals surface area contributed by atoms with E-state index in [9.17, 15) is 9.59 Å². The molecule has 8 heteroatoms. The number of hydrogen-bond donors (Lipinski definition) is 0. The summed E-state index contributed by atoms with van der Waals surface area (Å²) in [5.41, 5.74) is 1.70. The van der Waals surface area contributed by atoms with Gasteiger partial charge in [-0.05, 0) is 63.6 Å². The van der Waals surface area contributed by atoms with E-state index in [0.29, 0.717) is 11.7 Å². The number of amides is 1. The van der Waals surface area contributed by atoms with Crippen molar-refractivity contribution in [1.29, 1.82) is 0 Å². The number of pyridine rings is 1. The maximum Gasteiger partial charge on any atom is 0.359 e. The molecule has 0 saturated heterocycles. The predicted octanol–water partition coefficient (Wildman–Crippen LogP) is 3.73. The Bertz CT molecular complexity index is 903. The van der Waals surface area contributed by atoms with E-state index in [-0.39, 0.29) is 29.3 Å². The predicted molar refractivity (Wildman–Crippen MR) is 110 cm³/mol. The van der Waals surface area contributed by atoms with Gasteiger partial charge in [0.1, 0.15) is 0 Å². The summed E-state index contributed by atoms with van der Waals surface area (Å²) in [4.78, 5) is 31.0. The lowest BCUT2D eigenvalue weighted by molar-refractivity contribution is -0.136. The summed E-state index contributed by atoms with van der Waals surface area (Å²) in [5.74, 6) is 0.225. The van der Waals surface area contributed by atoms with Gasteiger partial charge in [0.2, 0.25) is 0 Å². The molecule has 1 aliphatic carbocycles. The number of esters is 1. The van der Waals surface area contributed by atoms with Gasteiger partial charge in [-0.25, -0.2) is 14.5 Å². The Morgan fingerprint density at radius 2 is 1.93 bits per heavy atom. The lowest BCUT2D eigenvalue weighted by Crippen LogP contribution is -2.41. The smallest absolute Gasteiger partial charge is 0.359 e. The normalized spacial score (nSPS) is 19.1. The van der Waals surface area contributed by atoms with Crippen molar-refractivity contribution in [2.24, 2.45) is 5.92 Å². The van der Waals surface area contributed by atoms with Gasteiger partial charge in [0.15, 0.2) is 18.1 Å². The number of likely N-dealkylation sites (N-methyl/N-ethyl adjacent to an activating group) is 1. The van der Waals surface area contributed by atoms with Crippen LogP contribution in [0.2, 0.25) is 5.02 Å². The maximum atomic E-state index is 12.5. The van der Waals surface area contributed by atoms with Gasteiger partial charge in [0.25, 0.3) is 5.91 Å². The Morgan fingerprint density at radius 3 is 2.55 bits per heavy atom. The van der Waals surface area contributed by atoms with E-state index in [4.69, 9.17) is 16.3 Å². The molecule has 1 fully saturated rings. The lowest BCUT2D eigenvalue weighted by Gasteiger charge is -2.33. The summed E-state index contributed by atoms with van der Waals surface area (Å²) in [6, 6.07) is 5.37. The molecule has 0 aliphatic heterocycles. The molecule has 0 aromatic carbocycles. The summed E-state index contributed by atoms with van der Waals surface area (Å²) in [7, 11) is 1.77. The van der Waals surface area contributed by atoms with E-state index < -0.39 is 5.97 Å². The van der Waals surface area contributed by atoms with Gasteiger partial charge in [0.05, 0.1) is 10.7 Å². The fraction of sp³-hybridized carbons (Fsp3) is 0.524. The Morgan fingerprint density at radius 1 is 1.24 bits per heavy atom. The molecule has 2 heterocycles. The summed E-state index contributed by atoms with van der Waals surface area (Å²) in [6.45, 7) is 5.68. The number of rotatable bonds is 5. The average molecular weight is 419 g/mol. The van der Waals surface area contributed by atoms with Crippen molar-refractivity contribution in [1.82, 2.24) is 19.7 Å². The topological polar surface area (TPSA) is 77.3 Å². The standard InChI is InChI=1S/C21H27ClN4O3/c1-13-5-7-16(8-6-13)25(4)19(27)12-29-21(28)20-17(22)9-10-18(23-20)26-15(3)11-14(2)24-26/h9-11,13,16H,5-8,12H2,1-4H3. The molecular weight excluding hydrogens is 392 g/mol. The van der Waals surface area contributed by atoms with E-state index >= 15 is 0 Å². The van der Waals surface area contributed by atoms with E-state index in [1.54, 1.807) is 28.8 Å². The van der Waals surface area contributed by atoms with Crippen molar-refractivity contribution in [3.05, 3.63) is 40.3 Å². The van der Waals surface area contributed by atoms with Crippen molar-refractivity contribution >= 4 is 23.5 Å². The fourth-order valence-electron chi connectivity index (χ4n) is 3.68. The average Bonchev–Trinajstić information content (AvgIpc) is 3.04. The van der Waals surface area contributed by atoms with E-state index in [1.165, 1.54) is 0 Å². The highest BCUT2D eigenvalue weighted by atomic mass is 35.5. The molecule has 1 aliphatic rings. The van der Waals surface area contributed by atoms with Gasteiger partial charge < -0.3 is 9.64 Å². The highest BCUT2D eigenvalue weighted by Gasteiger charge is 2.26. The molecule has 0 spiro atoms. The van der Waals surface area contributed by atoms with Crippen LogP contribution >= 0.6 is 11.6 Å². The van der Waals surface area contributed by atoms with E-state index in [2.05, 4.69) is 17.0 Å². The van der Waals surface area contributed by atoms with Crippen LogP contribution in [0.5, 0.6) is 0 Å². The minimum atomic E-state index is -0.725. The third kappa shape index (κ3) is 4.96.